The Morgan fingerprint density at radius 2 is 1.84 bits per heavy atom. The summed E-state index contributed by atoms with van der Waals surface area (Å²) in [5.41, 5.74) is 2.48. The molecule has 1 aromatic heterocycles. The molecule has 0 radical (unpaired) electrons. The van der Waals surface area contributed by atoms with Gasteiger partial charge in [-0.05, 0) is 61.4 Å². The Kier molecular flexibility index (Phi) is 6.35. The van der Waals surface area contributed by atoms with E-state index < -0.39 is 0 Å². The average molecular weight is 431 g/mol. The minimum atomic E-state index is -0.295. The summed E-state index contributed by atoms with van der Waals surface area (Å²) in [6.45, 7) is 0.677. The maximum atomic E-state index is 13.3. The Bertz CT molecular complexity index is 1100. The van der Waals surface area contributed by atoms with Crippen molar-refractivity contribution in [1.29, 1.82) is 0 Å². The fraction of sp³-hybridized carbons (Fsp3) is 0.240. The number of methoxy groups -OCH3 is 2. The Morgan fingerprint density at radius 1 is 1.03 bits per heavy atom. The molecule has 1 N–H and O–H groups in total. The second kappa shape index (κ2) is 9.51. The van der Waals surface area contributed by atoms with Crippen molar-refractivity contribution in [1.82, 2.24) is 9.88 Å². The number of hydrogen-bond donors (Lipinski definition) is 1. The molecule has 2 aromatic carbocycles. The lowest BCUT2D eigenvalue weighted by atomic mass is 10.0. The summed E-state index contributed by atoms with van der Waals surface area (Å²) >= 11 is 0. The van der Waals surface area contributed by atoms with Crippen molar-refractivity contribution in [3.05, 3.63) is 83.7 Å². The lowest BCUT2D eigenvalue weighted by molar-refractivity contribution is 0.0734. The zero-order chi connectivity index (χ0) is 22.5. The maximum absolute atomic E-state index is 13.3. The molecule has 3 aromatic rings. The monoisotopic (exact) mass is 431 g/mol. The van der Waals surface area contributed by atoms with Crippen LogP contribution in [-0.4, -0.2) is 42.5 Å². The van der Waals surface area contributed by atoms with E-state index in [4.69, 9.17) is 9.47 Å². The number of pyridine rings is 1. The van der Waals surface area contributed by atoms with Crippen LogP contribution in [0.5, 0.6) is 11.5 Å². The first-order valence-electron chi connectivity index (χ1n) is 10.5. The lowest BCUT2D eigenvalue weighted by Gasteiger charge is -2.26. The van der Waals surface area contributed by atoms with E-state index in [1.165, 1.54) is 0 Å². The van der Waals surface area contributed by atoms with E-state index in [0.717, 1.165) is 18.4 Å². The fourth-order valence-corrected chi connectivity index (χ4v) is 3.98. The summed E-state index contributed by atoms with van der Waals surface area (Å²) < 4.78 is 10.9. The largest absolute Gasteiger partial charge is 0.497 e. The van der Waals surface area contributed by atoms with Gasteiger partial charge in [-0.15, -0.1) is 0 Å². The number of rotatable bonds is 6. The van der Waals surface area contributed by atoms with Crippen LogP contribution in [0, 0.1) is 0 Å². The number of benzene rings is 2. The number of nitrogens with one attached hydrogen (secondary N) is 1. The molecule has 1 atom stereocenters. The van der Waals surface area contributed by atoms with Crippen molar-refractivity contribution in [3.63, 3.8) is 0 Å². The van der Waals surface area contributed by atoms with Crippen LogP contribution in [0.2, 0.25) is 0 Å². The first-order chi connectivity index (χ1) is 15.6. The van der Waals surface area contributed by atoms with Crippen LogP contribution in [0.25, 0.3) is 0 Å². The fourth-order valence-electron chi connectivity index (χ4n) is 3.98. The van der Waals surface area contributed by atoms with E-state index in [1.54, 1.807) is 62.9 Å². The third kappa shape index (κ3) is 4.42. The van der Waals surface area contributed by atoms with Gasteiger partial charge in [0.15, 0.2) is 0 Å². The molecule has 1 unspecified atom stereocenters. The standard InChI is InChI=1S/C25H25N3O4/c1-31-19-12-13-20(23(16-19)32-2)22-7-5-15-28(22)25(30)17-8-10-18(11-9-17)27-24(29)21-6-3-4-14-26-21/h3-4,6,8-14,16,22H,5,7,15H2,1-2H3,(H,27,29). The molecule has 1 aliphatic heterocycles. The van der Waals surface area contributed by atoms with Gasteiger partial charge in [-0.1, -0.05) is 6.07 Å². The highest BCUT2D eigenvalue weighted by Gasteiger charge is 2.32. The topological polar surface area (TPSA) is 80.8 Å². The van der Waals surface area contributed by atoms with Gasteiger partial charge in [-0.3, -0.25) is 14.6 Å². The normalized spacial score (nSPS) is 15.3. The number of ether oxygens (including phenoxy) is 2. The van der Waals surface area contributed by atoms with Crippen LogP contribution < -0.4 is 14.8 Å². The molecule has 1 fully saturated rings. The Balaban J connectivity index is 1.49. The molecular weight excluding hydrogens is 406 g/mol. The summed E-state index contributed by atoms with van der Waals surface area (Å²) in [4.78, 5) is 31.5. The number of amides is 2. The molecule has 0 bridgehead atoms. The number of nitrogens with zero attached hydrogens (tertiary/aromatic N) is 2. The van der Waals surface area contributed by atoms with Gasteiger partial charge >= 0.3 is 0 Å². The maximum Gasteiger partial charge on any atom is 0.274 e. The predicted molar refractivity (Wildman–Crippen MR) is 121 cm³/mol. The van der Waals surface area contributed by atoms with Gasteiger partial charge < -0.3 is 19.7 Å². The first kappa shape index (κ1) is 21.4. The average Bonchev–Trinajstić information content (AvgIpc) is 3.34. The van der Waals surface area contributed by atoms with Crippen molar-refractivity contribution < 1.29 is 19.1 Å². The van der Waals surface area contributed by atoms with Crippen molar-refractivity contribution >= 4 is 17.5 Å². The van der Waals surface area contributed by atoms with E-state index in [1.807, 2.05) is 23.1 Å². The quantitative estimate of drug-likeness (QED) is 0.628. The molecule has 7 nitrogen and oxygen atoms in total. The van der Waals surface area contributed by atoms with Gasteiger partial charge in [0.2, 0.25) is 0 Å². The Hall–Kier alpha value is -3.87. The van der Waals surface area contributed by atoms with Gasteiger partial charge in [0.25, 0.3) is 11.8 Å². The highest BCUT2D eigenvalue weighted by molar-refractivity contribution is 6.03. The zero-order valence-corrected chi connectivity index (χ0v) is 18.1. The van der Waals surface area contributed by atoms with Gasteiger partial charge in [0.05, 0.1) is 20.3 Å². The van der Waals surface area contributed by atoms with Crippen molar-refractivity contribution in [3.8, 4) is 11.5 Å². The number of carbonyl (C=O) groups excluding carboxylic acids is 2. The number of carbonyl (C=O) groups is 2. The summed E-state index contributed by atoms with van der Waals surface area (Å²) in [5.74, 6) is 1.08. The molecule has 0 saturated carbocycles. The number of likely N-dealkylation sites (tertiary alicyclic amines) is 1. The van der Waals surface area contributed by atoms with Gasteiger partial charge in [0.1, 0.15) is 17.2 Å². The SMILES string of the molecule is COc1ccc(C2CCCN2C(=O)c2ccc(NC(=O)c3ccccn3)cc2)c(OC)c1. The van der Waals surface area contributed by atoms with Crippen LogP contribution in [-0.2, 0) is 0 Å². The zero-order valence-electron chi connectivity index (χ0n) is 18.1. The van der Waals surface area contributed by atoms with Crippen molar-refractivity contribution in [2.75, 3.05) is 26.1 Å². The number of aromatic nitrogens is 1. The minimum absolute atomic E-state index is 0.0482. The molecule has 32 heavy (non-hydrogen) atoms. The van der Waals surface area contributed by atoms with E-state index in [2.05, 4.69) is 10.3 Å². The molecule has 1 aliphatic rings. The second-order valence-corrected chi connectivity index (χ2v) is 7.51. The van der Waals surface area contributed by atoms with E-state index in [0.29, 0.717) is 35.0 Å². The van der Waals surface area contributed by atoms with Crippen molar-refractivity contribution in [2.24, 2.45) is 0 Å². The van der Waals surface area contributed by atoms with Gasteiger partial charge in [0, 0.05) is 35.6 Å². The van der Waals surface area contributed by atoms with Crippen LogP contribution in [0.1, 0.15) is 45.3 Å². The first-order valence-corrected chi connectivity index (χ1v) is 10.5. The number of hydrogen-bond acceptors (Lipinski definition) is 5. The molecule has 4 rings (SSSR count). The minimum Gasteiger partial charge on any atom is -0.497 e. The molecule has 1 saturated heterocycles. The number of anilines is 1. The van der Waals surface area contributed by atoms with E-state index >= 15 is 0 Å². The highest BCUT2D eigenvalue weighted by Crippen LogP contribution is 2.39. The lowest BCUT2D eigenvalue weighted by Crippen LogP contribution is -2.30. The van der Waals surface area contributed by atoms with Gasteiger partial charge in [-0.2, -0.15) is 0 Å². The molecular formula is C25H25N3O4. The van der Waals surface area contributed by atoms with Crippen molar-refractivity contribution in [2.45, 2.75) is 18.9 Å². The Labute approximate surface area is 187 Å². The summed E-state index contributed by atoms with van der Waals surface area (Å²) in [5, 5.41) is 2.80. The molecule has 2 heterocycles. The molecule has 0 spiro atoms. The molecule has 7 heteroatoms. The van der Waals surface area contributed by atoms with Crippen LogP contribution in [0.3, 0.4) is 0 Å². The smallest absolute Gasteiger partial charge is 0.274 e. The third-order valence-electron chi connectivity index (χ3n) is 5.60. The van der Waals surface area contributed by atoms with Crippen LogP contribution in [0.15, 0.2) is 66.9 Å². The van der Waals surface area contributed by atoms with Gasteiger partial charge in [-0.25, -0.2) is 0 Å². The summed E-state index contributed by atoms with van der Waals surface area (Å²) in [7, 11) is 3.24. The molecule has 164 valence electrons. The summed E-state index contributed by atoms with van der Waals surface area (Å²) in [6.07, 6.45) is 3.36. The molecule has 2 amide bonds. The second-order valence-electron chi connectivity index (χ2n) is 7.51. The molecule has 0 aliphatic carbocycles. The van der Waals surface area contributed by atoms with E-state index in [9.17, 15) is 9.59 Å². The third-order valence-corrected chi connectivity index (χ3v) is 5.60. The van der Waals surface area contributed by atoms with E-state index in [-0.39, 0.29) is 17.9 Å². The van der Waals surface area contributed by atoms with Crippen LogP contribution >= 0.6 is 0 Å². The van der Waals surface area contributed by atoms with Crippen LogP contribution in [0.4, 0.5) is 5.69 Å². The Morgan fingerprint density at radius 3 is 2.53 bits per heavy atom. The highest BCUT2D eigenvalue weighted by atomic mass is 16.5. The summed E-state index contributed by atoms with van der Waals surface area (Å²) in [6, 6.07) is 17.7. The predicted octanol–water partition coefficient (Wildman–Crippen LogP) is 4.33.